The number of ether oxygens (including phenoxy) is 1. The van der Waals surface area contributed by atoms with Gasteiger partial charge in [0, 0.05) is 38.9 Å². The molecule has 0 radical (unpaired) electrons. The SMILES string of the molecule is COCc1ccccc1C(=O)N1CCCN(CCO)CC1. The van der Waals surface area contributed by atoms with Crippen molar-refractivity contribution in [2.45, 2.75) is 13.0 Å². The van der Waals surface area contributed by atoms with Gasteiger partial charge in [0.15, 0.2) is 0 Å². The third kappa shape index (κ3) is 4.27. The topological polar surface area (TPSA) is 53.0 Å². The maximum absolute atomic E-state index is 12.7. The van der Waals surface area contributed by atoms with E-state index in [2.05, 4.69) is 4.90 Å². The van der Waals surface area contributed by atoms with E-state index in [0.717, 1.165) is 37.2 Å². The summed E-state index contributed by atoms with van der Waals surface area (Å²) in [6.45, 7) is 4.53. The quantitative estimate of drug-likeness (QED) is 0.879. The predicted octanol–water partition coefficient (Wildman–Crippen LogP) is 0.973. The van der Waals surface area contributed by atoms with E-state index in [-0.39, 0.29) is 12.5 Å². The molecule has 1 aliphatic rings. The van der Waals surface area contributed by atoms with E-state index < -0.39 is 0 Å². The highest BCUT2D eigenvalue weighted by atomic mass is 16.5. The van der Waals surface area contributed by atoms with Gasteiger partial charge >= 0.3 is 0 Å². The second-order valence-electron chi connectivity index (χ2n) is 5.30. The minimum Gasteiger partial charge on any atom is -0.395 e. The van der Waals surface area contributed by atoms with Crippen molar-refractivity contribution in [2.75, 3.05) is 46.4 Å². The highest BCUT2D eigenvalue weighted by Crippen LogP contribution is 2.14. The predicted molar refractivity (Wildman–Crippen MR) is 81.2 cm³/mol. The third-order valence-corrected chi connectivity index (χ3v) is 3.84. The van der Waals surface area contributed by atoms with E-state index in [1.54, 1.807) is 7.11 Å². The summed E-state index contributed by atoms with van der Waals surface area (Å²) < 4.78 is 5.17. The molecule has 0 atom stereocenters. The molecule has 1 N–H and O–H groups in total. The Hall–Kier alpha value is -1.43. The number of aliphatic hydroxyl groups is 1. The van der Waals surface area contributed by atoms with Gasteiger partial charge in [0.25, 0.3) is 5.91 Å². The first-order chi connectivity index (χ1) is 10.3. The van der Waals surface area contributed by atoms with E-state index >= 15 is 0 Å². The Morgan fingerprint density at radius 1 is 1.24 bits per heavy atom. The van der Waals surface area contributed by atoms with E-state index in [1.165, 1.54) is 0 Å². The Morgan fingerprint density at radius 3 is 2.81 bits per heavy atom. The number of benzene rings is 1. The Bertz CT molecular complexity index is 465. The normalized spacial score (nSPS) is 16.8. The number of nitrogens with zero attached hydrogens (tertiary/aromatic N) is 2. The van der Waals surface area contributed by atoms with Crippen LogP contribution >= 0.6 is 0 Å². The lowest BCUT2D eigenvalue weighted by atomic mass is 10.1. The lowest BCUT2D eigenvalue weighted by Crippen LogP contribution is -2.36. The van der Waals surface area contributed by atoms with Crippen LogP contribution in [0, 0.1) is 0 Å². The van der Waals surface area contributed by atoms with Gasteiger partial charge in [-0.1, -0.05) is 18.2 Å². The molecule has 0 unspecified atom stereocenters. The first-order valence-corrected chi connectivity index (χ1v) is 7.45. The molecule has 0 aliphatic carbocycles. The van der Waals surface area contributed by atoms with Crippen LogP contribution in [-0.4, -0.2) is 67.3 Å². The Balaban J connectivity index is 2.06. The number of amides is 1. The lowest BCUT2D eigenvalue weighted by molar-refractivity contribution is 0.0755. The summed E-state index contributed by atoms with van der Waals surface area (Å²) in [7, 11) is 1.64. The number of methoxy groups -OCH3 is 1. The molecule has 21 heavy (non-hydrogen) atoms. The molecule has 5 heteroatoms. The fourth-order valence-electron chi connectivity index (χ4n) is 2.72. The van der Waals surface area contributed by atoms with E-state index in [1.807, 2.05) is 29.2 Å². The van der Waals surface area contributed by atoms with Crippen molar-refractivity contribution in [3.63, 3.8) is 0 Å². The number of carbonyl (C=O) groups is 1. The molecule has 1 heterocycles. The summed E-state index contributed by atoms with van der Waals surface area (Å²) in [6, 6.07) is 7.62. The molecule has 0 saturated carbocycles. The largest absolute Gasteiger partial charge is 0.395 e. The zero-order chi connectivity index (χ0) is 15.1. The Morgan fingerprint density at radius 2 is 2.05 bits per heavy atom. The molecule has 1 aliphatic heterocycles. The van der Waals surface area contributed by atoms with Gasteiger partial charge < -0.3 is 14.7 Å². The minimum atomic E-state index is 0.0773. The highest BCUT2D eigenvalue weighted by molar-refractivity contribution is 5.95. The molecule has 0 aromatic heterocycles. The molecular weight excluding hydrogens is 268 g/mol. The van der Waals surface area contributed by atoms with Crippen molar-refractivity contribution < 1.29 is 14.6 Å². The molecule has 0 bridgehead atoms. The standard InChI is InChI=1S/C16H24N2O3/c1-21-13-14-5-2-3-6-15(14)16(20)18-8-4-7-17(9-10-18)11-12-19/h2-3,5-6,19H,4,7-13H2,1H3. The molecule has 0 spiro atoms. The summed E-state index contributed by atoms with van der Waals surface area (Å²) in [4.78, 5) is 16.8. The van der Waals surface area contributed by atoms with Gasteiger partial charge in [-0.3, -0.25) is 9.69 Å². The third-order valence-electron chi connectivity index (χ3n) is 3.84. The maximum atomic E-state index is 12.7. The summed E-state index contributed by atoms with van der Waals surface area (Å²) in [5, 5.41) is 9.02. The molecule has 1 saturated heterocycles. The molecule has 1 amide bonds. The fourth-order valence-corrected chi connectivity index (χ4v) is 2.72. The van der Waals surface area contributed by atoms with Crippen LogP contribution in [0.2, 0.25) is 0 Å². The summed E-state index contributed by atoms with van der Waals surface area (Å²) in [5.41, 5.74) is 1.66. The summed E-state index contributed by atoms with van der Waals surface area (Å²) in [5.74, 6) is 0.0773. The smallest absolute Gasteiger partial charge is 0.254 e. The van der Waals surface area contributed by atoms with Gasteiger partial charge in [-0.15, -0.1) is 0 Å². The Kier molecular flexibility index (Phi) is 6.17. The monoisotopic (exact) mass is 292 g/mol. The van der Waals surface area contributed by atoms with Crippen LogP contribution in [0.5, 0.6) is 0 Å². The van der Waals surface area contributed by atoms with Crippen LogP contribution in [0.1, 0.15) is 22.3 Å². The van der Waals surface area contributed by atoms with E-state index in [0.29, 0.717) is 19.7 Å². The van der Waals surface area contributed by atoms with Crippen LogP contribution < -0.4 is 0 Å². The van der Waals surface area contributed by atoms with Gasteiger partial charge in [0.05, 0.1) is 13.2 Å². The van der Waals surface area contributed by atoms with Gasteiger partial charge in [-0.05, 0) is 24.6 Å². The van der Waals surface area contributed by atoms with Crippen LogP contribution in [0.4, 0.5) is 0 Å². The summed E-state index contributed by atoms with van der Waals surface area (Å²) >= 11 is 0. The number of β-amino-alcohol motifs (C(OH)–C–C–N with tert-alkyl or cyclic N) is 1. The van der Waals surface area contributed by atoms with Crippen molar-refractivity contribution in [1.29, 1.82) is 0 Å². The van der Waals surface area contributed by atoms with Crippen LogP contribution in [0.3, 0.4) is 0 Å². The van der Waals surface area contributed by atoms with Crippen molar-refractivity contribution in [2.24, 2.45) is 0 Å². The first-order valence-electron chi connectivity index (χ1n) is 7.45. The van der Waals surface area contributed by atoms with Crippen molar-refractivity contribution >= 4 is 5.91 Å². The number of aliphatic hydroxyl groups excluding tert-OH is 1. The molecule has 116 valence electrons. The van der Waals surface area contributed by atoms with Gasteiger partial charge in [0.1, 0.15) is 0 Å². The first kappa shape index (κ1) is 15.9. The minimum absolute atomic E-state index is 0.0773. The molecule has 1 aromatic rings. The number of carbonyl (C=O) groups excluding carboxylic acids is 1. The second kappa shape index (κ2) is 8.12. The zero-order valence-electron chi connectivity index (χ0n) is 12.6. The van der Waals surface area contributed by atoms with Crippen molar-refractivity contribution in [1.82, 2.24) is 9.80 Å². The van der Waals surface area contributed by atoms with Crippen LogP contribution in [0.15, 0.2) is 24.3 Å². The van der Waals surface area contributed by atoms with Gasteiger partial charge in [-0.25, -0.2) is 0 Å². The maximum Gasteiger partial charge on any atom is 0.254 e. The van der Waals surface area contributed by atoms with E-state index in [9.17, 15) is 4.79 Å². The van der Waals surface area contributed by atoms with Crippen molar-refractivity contribution in [3.8, 4) is 0 Å². The molecular formula is C16H24N2O3. The van der Waals surface area contributed by atoms with Crippen LogP contribution in [0.25, 0.3) is 0 Å². The van der Waals surface area contributed by atoms with Crippen molar-refractivity contribution in [3.05, 3.63) is 35.4 Å². The van der Waals surface area contributed by atoms with E-state index in [4.69, 9.17) is 9.84 Å². The number of rotatable bonds is 5. The number of hydrogen-bond donors (Lipinski definition) is 1. The van der Waals surface area contributed by atoms with Gasteiger partial charge in [-0.2, -0.15) is 0 Å². The molecule has 1 aromatic carbocycles. The summed E-state index contributed by atoms with van der Waals surface area (Å²) in [6.07, 6.45) is 0.943. The average molecular weight is 292 g/mol. The highest BCUT2D eigenvalue weighted by Gasteiger charge is 2.21. The zero-order valence-corrected chi connectivity index (χ0v) is 12.6. The molecule has 2 rings (SSSR count). The van der Waals surface area contributed by atoms with Gasteiger partial charge in [0.2, 0.25) is 0 Å². The number of hydrogen-bond acceptors (Lipinski definition) is 4. The fraction of sp³-hybridized carbons (Fsp3) is 0.562. The second-order valence-corrected chi connectivity index (χ2v) is 5.30. The molecule has 1 fully saturated rings. The van der Waals surface area contributed by atoms with Crippen LogP contribution in [-0.2, 0) is 11.3 Å². The lowest BCUT2D eigenvalue weighted by Gasteiger charge is -2.22. The Labute approximate surface area is 126 Å². The average Bonchev–Trinajstić information content (AvgIpc) is 2.74. The molecule has 5 nitrogen and oxygen atoms in total.